The van der Waals surface area contributed by atoms with Gasteiger partial charge in [0.05, 0.1) is 17.1 Å². The summed E-state index contributed by atoms with van der Waals surface area (Å²) in [5.74, 6) is 0.322. The Morgan fingerprint density at radius 1 is 1.25 bits per heavy atom. The van der Waals surface area contributed by atoms with Crippen LogP contribution in [0.3, 0.4) is 0 Å². The van der Waals surface area contributed by atoms with Gasteiger partial charge in [-0.3, -0.25) is 9.69 Å². The van der Waals surface area contributed by atoms with Gasteiger partial charge in [-0.05, 0) is 45.6 Å². The van der Waals surface area contributed by atoms with Gasteiger partial charge in [0.15, 0.2) is 0 Å². The SMILES string of the molecule is COCCCn1c(CN2CCC[C@@H](C(C)=O)C2)cnc1S(=O)(=O)C1CCCC1. The minimum absolute atomic E-state index is 0.0836. The standard InChI is InChI=1S/C20H33N3O4S/c1-16(24)17-7-5-10-22(14-17)15-18-13-21-20(23(18)11-6-12-27-2)28(25,26)19-8-3-4-9-19/h13,17,19H,3-12,14-15H2,1-2H3/t17-/m1/s1. The first-order valence-electron chi connectivity index (χ1n) is 10.4. The van der Waals surface area contributed by atoms with Crippen LogP contribution in [0, 0.1) is 5.92 Å². The van der Waals surface area contributed by atoms with E-state index in [0.717, 1.165) is 63.7 Å². The van der Waals surface area contributed by atoms with Crippen molar-refractivity contribution in [2.75, 3.05) is 26.8 Å². The van der Waals surface area contributed by atoms with E-state index in [1.807, 2.05) is 4.57 Å². The van der Waals surface area contributed by atoms with Crippen molar-refractivity contribution in [3.05, 3.63) is 11.9 Å². The molecule has 0 radical (unpaired) electrons. The Bertz CT molecular complexity index is 768. The first-order valence-corrected chi connectivity index (χ1v) is 12.0. The van der Waals surface area contributed by atoms with E-state index < -0.39 is 9.84 Å². The molecule has 0 bridgehead atoms. The number of methoxy groups -OCH3 is 1. The molecule has 1 aliphatic heterocycles. The van der Waals surface area contributed by atoms with Crippen LogP contribution in [0.5, 0.6) is 0 Å². The number of imidazole rings is 1. The minimum atomic E-state index is -3.41. The Morgan fingerprint density at radius 3 is 2.68 bits per heavy atom. The van der Waals surface area contributed by atoms with Crippen molar-refractivity contribution >= 4 is 15.6 Å². The summed E-state index contributed by atoms with van der Waals surface area (Å²) in [6.45, 7) is 5.12. The molecular weight excluding hydrogens is 378 g/mol. The molecule has 1 saturated heterocycles. The largest absolute Gasteiger partial charge is 0.385 e. The lowest BCUT2D eigenvalue weighted by Gasteiger charge is -2.31. The lowest BCUT2D eigenvalue weighted by atomic mass is 9.94. The van der Waals surface area contributed by atoms with Gasteiger partial charge in [-0.15, -0.1) is 0 Å². The van der Waals surface area contributed by atoms with E-state index in [-0.39, 0.29) is 22.1 Å². The van der Waals surface area contributed by atoms with E-state index in [0.29, 0.717) is 19.7 Å². The van der Waals surface area contributed by atoms with Crippen molar-refractivity contribution in [2.24, 2.45) is 5.92 Å². The molecule has 0 unspecified atom stereocenters. The monoisotopic (exact) mass is 411 g/mol. The Morgan fingerprint density at radius 2 is 2.00 bits per heavy atom. The Labute approximate surface area is 168 Å². The van der Waals surface area contributed by atoms with Crippen molar-refractivity contribution in [1.29, 1.82) is 0 Å². The highest BCUT2D eigenvalue weighted by Gasteiger charge is 2.34. The third kappa shape index (κ3) is 4.83. The van der Waals surface area contributed by atoms with E-state index in [1.54, 1.807) is 20.2 Å². The van der Waals surface area contributed by atoms with Gasteiger partial charge in [-0.25, -0.2) is 13.4 Å². The summed E-state index contributed by atoms with van der Waals surface area (Å²) < 4.78 is 33.4. The number of piperidine rings is 1. The molecule has 1 aromatic rings. The highest BCUT2D eigenvalue weighted by Crippen LogP contribution is 2.30. The number of ketones is 1. The number of likely N-dealkylation sites (tertiary alicyclic amines) is 1. The number of hydrogen-bond donors (Lipinski definition) is 0. The van der Waals surface area contributed by atoms with Gasteiger partial charge in [0, 0.05) is 39.3 Å². The molecular formula is C20H33N3O4S. The molecule has 158 valence electrons. The van der Waals surface area contributed by atoms with Crippen molar-refractivity contribution in [3.8, 4) is 0 Å². The van der Waals surface area contributed by atoms with Crippen molar-refractivity contribution in [1.82, 2.24) is 14.5 Å². The van der Waals surface area contributed by atoms with E-state index in [1.165, 1.54) is 0 Å². The summed E-state index contributed by atoms with van der Waals surface area (Å²) >= 11 is 0. The number of Topliss-reactive ketones (excluding diaryl/α,β-unsaturated/α-hetero) is 1. The molecule has 1 saturated carbocycles. The normalized spacial score (nSPS) is 22.0. The number of ether oxygens (including phenoxy) is 1. The van der Waals surface area contributed by atoms with Crippen LogP contribution in [0.1, 0.15) is 57.6 Å². The average Bonchev–Trinajstić information content (AvgIpc) is 3.33. The summed E-state index contributed by atoms with van der Waals surface area (Å²) in [4.78, 5) is 18.4. The van der Waals surface area contributed by atoms with Crippen LogP contribution in [0.25, 0.3) is 0 Å². The second kappa shape index (κ2) is 9.50. The Kier molecular flexibility index (Phi) is 7.28. The summed E-state index contributed by atoms with van der Waals surface area (Å²) in [6.07, 6.45) is 7.80. The van der Waals surface area contributed by atoms with E-state index in [9.17, 15) is 13.2 Å². The fourth-order valence-corrected chi connectivity index (χ4v) is 6.43. The van der Waals surface area contributed by atoms with Crippen LogP contribution in [0.4, 0.5) is 0 Å². The van der Waals surface area contributed by atoms with E-state index in [4.69, 9.17) is 4.74 Å². The smallest absolute Gasteiger partial charge is 0.228 e. The summed E-state index contributed by atoms with van der Waals surface area (Å²) in [5, 5.41) is -0.0911. The Balaban J connectivity index is 1.82. The molecule has 0 aromatic carbocycles. The topological polar surface area (TPSA) is 81.5 Å². The number of sulfone groups is 1. The zero-order chi connectivity index (χ0) is 20.1. The molecule has 2 heterocycles. The maximum absolute atomic E-state index is 13.2. The summed E-state index contributed by atoms with van der Waals surface area (Å²) in [7, 11) is -1.76. The van der Waals surface area contributed by atoms with E-state index >= 15 is 0 Å². The van der Waals surface area contributed by atoms with Gasteiger partial charge in [-0.1, -0.05) is 12.8 Å². The summed E-state index contributed by atoms with van der Waals surface area (Å²) in [6, 6.07) is 0. The van der Waals surface area contributed by atoms with Crippen molar-refractivity contribution in [2.45, 2.75) is 75.4 Å². The predicted octanol–water partition coefficient (Wildman–Crippen LogP) is 2.44. The van der Waals surface area contributed by atoms with Gasteiger partial charge >= 0.3 is 0 Å². The molecule has 1 aromatic heterocycles. The number of nitrogens with zero attached hydrogens (tertiary/aromatic N) is 3. The first kappa shape index (κ1) is 21.5. The van der Waals surface area contributed by atoms with Crippen LogP contribution < -0.4 is 0 Å². The van der Waals surface area contributed by atoms with Gasteiger partial charge in [0.1, 0.15) is 5.78 Å². The second-order valence-electron chi connectivity index (χ2n) is 8.17. The molecule has 0 N–H and O–H groups in total. The second-order valence-corrected chi connectivity index (χ2v) is 10.3. The van der Waals surface area contributed by atoms with E-state index in [2.05, 4.69) is 9.88 Å². The number of aromatic nitrogens is 2. The highest BCUT2D eigenvalue weighted by molar-refractivity contribution is 7.91. The molecule has 1 atom stereocenters. The Hall–Kier alpha value is -1.25. The lowest BCUT2D eigenvalue weighted by molar-refractivity contribution is -0.122. The molecule has 28 heavy (non-hydrogen) atoms. The fraction of sp³-hybridized carbons (Fsp3) is 0.800. The van der Waals surface area contributed by atoms with Gasteiger partial charge < -0.3 is 9.30 Å². The minimum Gasteiger partial charge on any atom is -0.385 e. The molecule has 0 amide bonds. The maximum atomic E-state index is 13.2. The quantitative estimate of drug-likeness (QED) is 0.581. The van der Waals surface area contributed by atoms with Crippen LogP contribution in [-0.2, 0) is 32.5 Å². The van der Waals surface area contributed by atoms with Gasteiger partial charge in [0.25, 0.3) is 0 Å². The molecule has 8 heteroatoms. The highest BCUT2D eigenvalue weighted by atomic mass is 32.2. The van der Waals surface area contributed by atoms with Crippen molar-refractivity contribution < 1.29 is 17.9 Å². The van der Waals surface area contributed by atoms with Crippen molar-refractivity contribution in [3.63, 3.8) is 0 Å². The third-order valence-electron chi connectivity index (χ3n) is 6.09. The number of carbonyl (C=O) groups is 1. The van der Waals surface area contributed by atoms with Gasteiger partial charge in [0.2, 0.25) is 15.0 Å². The maximum Gasteiger partial charge on any atom is 0.228 e. The lowest BCUT2D eigenvalue weighted by Crippen LogP contribution is -2.38. The number of rotatable bonds is 9. The first-order chi connectivity index (χ1) is 13.4. The van der Waals surface area contributed by atoms with Crippen LogP contribution >= 0.6 is 0 Å². The number of carbonyl (C=O) groups excluding carboxylic acids is 1. The van der Waals surface area contributed by atoms with Crippen LogP contribution in [0.15, 0.2) is 11.4 Å². The molecule has 7 nitrogen and oxygen atoms in total. The van der Waals surface area contributed by atoms with Gasteiger partial charge in [-0.2, -0.15) is 0 Å². The zero-order valence-electron chi connectivity index (χ0n) is 17.1. The molecule has 2 aliphatic rings. The molecule has 3 rings (SSSR count). The molecule has 2 fully saturated rings. The molecule has 0 spiro atoms. The van der Waals surface area contributed by atoms with Crippen LogP contribution in [-0.4, -0.2) is 60.7 Å². The predicted molar refractivity (Wildman–Crippen MR) is 107 cm³/mol. The number of hydrogen-bond acceptors (Lipinski definition) is 6. The zero-order valence-corrected chi connectivity index (χ0v) is 17.9. The average molecular weight is 412 g/mol. The fourth-order valence-electron chi connectivity index (χ4n) is 4.46. The third-order valence-corrected chi connectivity index (χ3v) is 8.28. The van der Waals surface area contributed by atoms with Crippen LogP contribution in [0.2, 0.25) is 0 Å². The molecule has 1 aliphatic carbocycles. The summed E-state index contributed by atoms with van der Waals surface area (Å²) in [5.41, 5.74) is 0.914.